The quantitative estimate of drug-likeness (QED) is 0.733. The van der Waals surface area contributed by atoms with Crippen LogP contribution in [0.2, 0.25) is 0 Å². The van der Waals surface area contributed by atoms with Gasteiger partial charge in [-0.2, -0.15) is 0 Å². The first-order chi connectivity index (χ1) is 7.38. The van der Waals surface area contributed by atoms with Crippen LogP contribution in [-0.4, -0.2) is 7.11 Å². The Morgan fingerprint density at radius 3 is 2.33 bits per heavy atom. The lowest BCUT2D eigenvalue weighted by molar-refractivity contribution is 0.414. The number of hydrogen-bond acceptors (Lipinski definition) is 1. The Morgan fingerprint density at radius 2 is 1.60 bits per heavy atom. The van der Waals surface area contributed by atoms with Gasteiger partial charge in [0, 0.05) is 6.42 Å². The van der Waals surface area contributed by atoms with Crippen LogP contribution >= 0.6 is 0 Å². The second-order valence-corrected chi connectivity index (χ2v) is 3.33. The summed E-state index contributed by atoms with van der Waals surface area (Å²) in [5, 5.41) is 0. The van der Waals surface area contributed by atoms with Crippen LogP contribution in [-0.2, 0) is 0 Å². The normalized spacial score (nSPS) is 9.93. The van der Waals surface area contributed by atoms with E-state index in [1.54, 1.807) is 7.11 Å². The monoisotopic (exact) mass is 197 g/mol. The predicted octanol–water partition coefficient (Wildman–Crippen LogP) is 3.30. The predicted molar refractivity (Wildman–Crippen MR) is 61.9 cm³/mol. The van der Waals surface area contributed by atoms with Crippen molar-refractivity contribution in [1.82, 2.24) is 0 Å². The molecule has 2 aromatic carbocycles. The highest BCUT2D eigenvalue weighted by Crippen LogP contribution is 2.17. The fourth-order valence-corrected chi connectivity index (χ4v) is 1.47. The summed E-state index contributed by atoms with van der Waals surface area (Å²) in [6.07, 6.45) is 2.13. The van der Waals surface area contributed by atoms with E-state index in [1.165, 1.54) is 5.56 Å². The Kier molecular flexibility index (Phi) is 3.03. The number of ether oxygens (including phenoxy) is 1. The first kappa shape index (κ1) is 9.78. The maximum atomic E-state index is 5.17. The summed E-state index contributed by atoms with van der Waals surface area (Å²) in [7, 11) is 1.68. The molecule has 0 fully saturated rings. The molecule has 0 bridgehead atoms. The van der Waals surface area contributed by atoms with Gasteiger partial charge in [-0.15, -0.1) is 0 Å². The van der Waals surface area contributed by atoms with E-state index in [1.807, 2.05) is 36.4 Å². The van der Waals surface area contributed by atoms with Gasteiger partial charge in [-0.25, -0.2) is 0 Å². The number of methoxy groups -OCH3 is 1. The smallest absolute Gasteiger partial charge is 0.119 e. The molecule has 0 aromatic heterocycles. The van der Waals surface area contributed by atoms with Gasteiger partial charge in [0.15, 0.2) is 0 Å². The van der Waals surface area contributed by atoms with E-state index in [2.05, 4.69) is 24.6 Å². The Balaban J connectivity index is 2.17. The van der Waals surface area contributed by atoms with E-state index in [4.69, 9.17) is 4.74 Å². The molecule has 2 aromatic rings. The summed E-state index contributed by atoms with van der Waals surface area (Å²) in [6.45, 7) is 0. The third-order valence-corrected chi connectivity index (χ3v) is 2.23. The number of rotatable bonds is 3. The zero-order chi connectivity index (χ0) is 10.5. The van der Waals surface area contributed by atoms with E-state index in [0.29, 0.717) is 0 Å². The van der Waals surface area contributed by atoms with Crippen LogP contribution in [0, 0.1) is 6.42 Å². The van der Waals surface area contributed by atoms with Crippen LogP contribution in [0.25, 0.3) is 0 Å². The molecule has 0 atom stereocenters. The standard InChI is InChI=1S/C14H13O/c1-15-14-9-5-8-13(11-14)10-12-6-3-2-4-7-12/h2-11H,1H3. The molecule has 0 aliphatic carbocycles. The van der Waals surface area contributed by atoms with Crippen LogP contribution in [0.5, 0.6) is 5.75 Å². The maximum Gasteiger partial charge on any atom is 0.119 e. The van der Waals surface area contributed by atoms with Crippen molar-refractivity contribution in [1.29, 1.82) is 0 Å². The maximum absolute atomic E-state index is 5.17. The highest BCUT2D eigenvalue weighted by molar-refractivity contribution is 5.40. The minimum atomic E-state index is 0.889. The molecule has 0 spiro atoms. The molecule has 2 rings (SSSR count). The Morgan fingerprint density at radius 1 is 0.867 bits per heavy atom. The lowest BCUT2D eigenvalue weighted by atomic mass is 10.1. The van der Waals surface area contributed by atoms with Gasteiger partial charge in [0.05, 0.1) is 7.11 Å². The molecule has 0 aliphatic heterocycles. The largest absolute Gasteiger partial charge is 0.497 e. The molecule has 0 heterocycles. The SMILES string of the molecule is COc1cccc([CH]c2ccccc2)c1. The van der Waals surface area contributed by atoms with Gasteiger partial charge in [0.25, 0.3) is 0 Å². The minimum absolute atomic E-state index is 0.889. The first-order valence-corrected chi connectivity index (χ1v) is 4.92. The van der Waals surface area contributed by atoms with Crippen molar-refractivity contribution >= 4 is 0 Å². The van der Waals surface area contributed by atoms with Crippen LogP contribution in [0.1, 0.15) is 11.1 Å². The molecule has 0 amide bonds. The van der Waals surface area contributed by atoms with Crippen molar-refractivity contribution in [2.24, 2.45) is 0 Å². The molecule has 1 nitrogen and oxygen atoms in total. The summed E-state index contributed by atoms with van der Waals surface area (Å²) >= 11 is 0. The molecule has 0 saturated carbocycles. The zero-order valence-electron chi connectivity index (χ0n) is 8.68. The number of benzene rings is 2. The zero-order valence-corrected chi connectivity index (χ0v) is 8.68. The topological polar surface area (TPSA) is 9.23 Å². The van der Waals surface area contributed by atoms with Crippen LogP contribution in [0.15, 0.2) is 54.6 Å². The molecular weight excluding hydrogens is 184 g/mol. The molecule has 0 unspecified atom stereocenters. The van der Waals surface area contributed by atoms with Crippen LogP contribution in [0.3, 0.4) is 0 Å². The summed E-state index contributed by atoms with van der Waals surface area (Å²) in [6, 6.07) is 18.3. The van der Waals surface area contributed by atoms with Crippen molar-refractivity contribution in [3.05, 3.63) is 72.1 Å². The fourth-order valence-electron chi connectivity index (χ4n) is 1.47. The van der Waals surface area contributed by atoms with E-state index in [9.17, 15) is 0 Å². The van der Waals surface area contributed by atoms with Gasteiger partial charge in [0.2, 0.25) is 0 Å². The van der Waals surface area contributed by atoms with Gasteiger partial charge in [0.1, 0.15) is 5.75 Å². The average molecular weight is 197 g/mol. The molecule has 75 valence electrons. The molecule has 0 N–H and O–H groups in total. The third kappa shape index (κ3) is 2.59. The van der Waals surface area contributed by atoms with Gasteiger partial charge in [-0.1, -0.05) is 42.5 Å². The van der Waals surface area contributed by atoms with Crippen molar-refractivity contribution in [3.63, 3.8) is 0 Å². The molecular formula is C14H13O. The van der Waals surface area contributed by atoms with E-state index >= 15 is 0 Å². The van der Waals surface area contributed by atoms with Crippen molar-refractivity contribution in [2.75, 3.05) is 7.11 Å². The van der Waals surface area contributed by atoms with E-state index in [-0.39, 0.29) is 0 Å². The lowest BCUT2D eigenvalue weighted by Crippen LogP contribution is -1.87. The lowest BCUT2D eigenvalue weighted by Gasteiger charge is -2.03. The average Bonchev–Trinajstić information content (AvgIpc) is 2.31. The highest BCUT2D eigenvalue weighted by Gasteiger charge is 1.97. The second kappa shape index (κ2) is 4.65. The molecule has 0 aliphatic rings. The van der Waals surface area contributed by atoms with Crippen molar-refractivity contribution < 1.29 is 4.74 Å². The van der Waals surface area contributed by atoms with Crippen molar-refractivity contribution in [2.45, 2.75) is 0 Å². The van der Waals surface area contributed by atoms with Gasteiger partial charge in [-0.05, 0) is 23.3 Å². The van der Waals surface area contributed by atoms with Crippen LogP contribution < -0.4 is 4.74 Å². The Hall–Kier alpha value is -1.76. The molecule has 0 saturated heterocycles. The van der Waals surface area contributed by atoms with Gasteiger partial charge < -0.3 is 4.74 Å². The molecule has 1 heteroatoms. The first-order valence-electron chi connectivity index (χ1n) is 4.92. The summed E-state index contributed by atoms with van der Waals surface area (Å²) < 4.78 is 5.17. The van der Waals surface area contributed by atoms with Gasteiger partial charge >= 0.3 is 0 Å². The minimum Gasteiger partial charge on any atom is -0.497 e. The van der Waals surface area contributed by atoms with Gasteiger partial charge in [-0.3, -0.25) is 0 Å². The number of hydrogen-bond donors (Lipinski definition) is 0. The summed E-state index contributed by atoms with van der Waals surface area (Å²) in [4.78, 5) is 0. The Bertz CT molecular complexity index is 420. The summed E-state index contributed by atoms with van der Waals surface area (Å²) in [5.41, 5.74) is 2.35. The summed E-state index contributed by atoms with van der Waals surface area (Å²) in [5.74, 6) is 0.889. The highest BCUT2D eigenvalue weighted by atomic mass is 16.5. The van der Waals surface area contributed by atoms with E-state index in [0.717, 1.165) is 11.3 Å². The molecule has 15 heavy (non-hydrogen) atoms. The van der Waals surface area contributed by atoms with E-state index < -0.39 is 0 Å². The molecule has 1 radical (unpaired) electrons. The second-order valence-electron chi connectivity index (χ2n) is 3.33. The van der Waals surface area contributed by atoms with Crippen LogP contribution in [0.4, 0.5) is 0 Å². The van der Waals surface area contributed by atoms with Crippen molar-refractivity contribution in [3.8, 4) is 5.75 Å². The fraction of sp³-hybridized carbons (Fsp3) is 0.0714. The Labute approximate surface area is 90.3 Å². The third-order valence-electron chi connectivity index (χ3n) is 2.23.